The predicted octanol–water partition coefficient (Wildman–Crippen LogP) is 0.318. The smallest absolute Gasteiger partial charge is 0.222 e. The van der Waals surface area contributed by atoms with E-state index < -0.39 is 0 Å². The molecule has 0 spiro atoms. The SMILES string of the molecule is CC(=O)NCCOCCOCCC(=O)NCC(C)C. The highest BCUT2D eigenvalue weighted by atomic mass is 16.5. The molecule has 2 amide bonds. The van der Waals surface area contributed by atoms with Crippen molar-refractivity contribution >= 4 is 11.8 Å². The minimum atomic E-state index is -0.0627. The van der Waals surface area contributed by atoms with Gasteiger partial charge in [0, 0.05) is 26.4 Å². The molecule has 0 radical (unpaired) electrons. The molecule has 0 aliphatic heterocycles. The maximum Gasteiger partial charge on any atom is 0.222 e. The molecule has 2 N–H and O–H groups in total. The second-order valence-corrected chi connectivity index (χ2v) is 4.66. The van der Waals surface area contributed by atoms with Crippen LogP contribution in [0.1, 0.15) is 27.2 Å². The van der Waals surface area contributed by atoms with Crippen LogP contribution in [0.4, 0.5) is 0 Å². The van der Waals surface area contributed by atoms with Gasteiger partial charge in [-0.05, 0) is 5.92 Å². The summed E-state index contributed by atoms with van der Waals surface area (Å²) in [6.45, 7) is 8.57. The van der Waals surface area contributed by atoms with Crippen molar-refractivity contribution in [3.63, 3.8) is 0 Å². The van der Waals surface area contributed by atoms with Gasteiger partial charge in [-0.2, -0.15) is 0 Å². The van der Waals surface area contributed by atoms with Crippen LogP contribution in [0.5, 0.6) is 0 Å². The van der Waals surface area contributed by atoms with Gasteiger partial charge in [0.15, 0.2) is 0 Å². The number of hydrogen-bond acceptors (Lipinski definition) is 4. The lowest BCUT2D eigenvalue weighted by Crippen LogP contribution is -2.28. The van der Waals surface area contributed by atoms with Crippen LogP contribution < -0.4 is 10.6 Å². The Labute approximate surface area is 115 Å². The molecule has 0 aromatic carbocycles. The Morgan fingerprint density at radius 2 is 1.63 bits per heavy atom. The summed E-state index contributed by atoms with van der Waals surface area (Å²) in [6.07, 6.45) is 0.374. The normalized spacial score (nSPS) is 10.5. The molecule has 0 heterocycles. The molecule has 6 heteroatoms. The summed E-state index contributed by atoms with van der Waals surface area (Å²) in [5.41, 5.74) is 0. The standard InChI is InChI=1S/C13H26N2O4/c1-11(2)10-15-13(17)4-6-18-8-9-19-7-5-14-12(3)16/h11H,4-10H2,1-3H3,(H,14,16)(H,15,17). The van der Waals surface area contributed by atoms with Crippen molar-refractivity contribution in [2.24, 2.45) is 5.92 Å². The van der Waals surface area contributed by atoms with Crippen molar-refractivity contribution in [2.75, 3.05) is 39.5 Å². The van der Waals surface area contributed by atoms with E-state index in [9.17, 15) is 9.59 Å². The topological polar surface area (TPSA) is 76.7 Å². The monoisotopic (exact) mass is 274 g/mol. The van der Waals surface area contributed by atoms with E-state index in [1.54, 1.807) is 0 Å². The zero-order valence-corrected chi connectivity index (χ0v) is 12.2. The van der Waals surface area contributed by atoms with Crippen molar-refractivity contribution in [1.29, 1.82) is 0 Å². The largest absolute Gasteiger partial charge is 0.379 e. The molecule has 0 unspecified atom stereocenters. The zero-order chi connectivity index (χ0) is 14.5. The second-order valence-electron chi connectivity index (χ2n) is 4.66. The minimum Gasteiger partial charge on any atom is -0.379 e. The molecule has 6 nitrogen and oxygen atoms in total. The molecule has 0 fully saturated rings. The van der Waals surface area contributed by atoms with Crippen molar-refractivity contribution in [3.8, 4) is 0 Å². The van der Waals surface area contributed by atoms with E-state index in [0.29, 0.717) is 51.9 Å². The highest BCUT2D eigenvalue weighted by molar-refractivity contribution is 5.75. The van der Waals surface area contributed by atoms with Crippen LogP contribution in [0.2, 0.25) is 0 Å². The average molecular weight is 274 g/mol. The Morgan fingerprint density at radius 3 is 2.21 bits per heavy atom. The molecule has 0 aliphatic rings. The maximum absolute atomic E-state index is 11.3. The molecular weight excluding hydrogens is 248 g/mol. The van der Waals surface area contributed by atoms with Gasteiger partial charge >= 0.3 is 0 Å². The van der Waals surface area contributed by atoms with E-state index >= 15 is 0 Å². The van der Waals surface area contributed by atoms with Gasteiger partial charge in [0.25, 0.3) is 0 Å². The highest BCUT2D eigenvalue weighted by Gasteiger charge is 2.01. The molecule has 0 atom stereocenters. The number of hydrogen-bond donors (Lipinski definition) is 2. The predicted molar refractivity (Wildman–Crippen MR) is 72.8 cm³/mol. The third kappa shape index (κ3) is 14.8. The van der Waals surface area contributed by atoms with E-state index in [2.05, 4.69) is 24.5 Å². The van der Waals surface area contributed by atoms with E-state index in [-0.39, 0.29) is 11.8 Å². The lowest BCUT2D eigenvalue weighted by molar-refractivity contribution is -0.122. The summed E-state index contributed by atoms with van der Waals surface area (Å²) in [6, 6.07) is 0. The first-order valence-electron chi connectivity index (χ1n) is 6.69. The summed E-state index contributed by atoms with van der Waals surface area (Å²) < 4.78 is 10.5. The van der Waals surface area contributed by atoms with Gasteiger partial charge < -0.3 is 20.1 Å². The number of rotatable bonds is 11. The van der Waals surface area contributed by atoms with Gasteiger partial charge in [-0.3, -0.25) is 9.59 Å². The first kappa shape index (κ1) is 17.9. The van der Waals surface area contributed by atoms with Crippen LogP contribution in [0.3, 0.4) is 0 Å². The summed E-state index contributed by atoms with van der Waals surface area (Å²) >= 11 is 0. The zero-order valence-electron chi connectivity index (χ0n) is 12.2. The highest BCUT2D eigenvalue weighted by Crippen LogP contribution is 1.89. The van der Waals surface area contributed by atoms with Gasteiger partial charge in [0.2, 0.25) is 11.8 Å². The lowest BCUT2D eigenvalue weighted by Gasteiger charge is -2.08. The van der Waals surface area contributed by atoms with Gasteiger partial charge in [0.05, 0.1) is 26.4 Å². The molecular formula is C13H26N2O4. The molecule has 0 bridgehead atoms. The summed E-state index contributed by atoms with van der Waals surface area (Å²) in [7, 11) is 0. The van der Waals surface area contributed by atoms with Gasteiger partial charge in [-0.25, -0.2) is 0 Å². The molecule has 19 heavy (non-hydrogen) atoms. The van der Waals surface area contributed by atoms with Gasteiger partial charge in [-0.1, -0.05) is 13.8 Å². The molecule has 0 aromatic heterocycles. The van der Waals surface area contributed by atoms with Gasteiger partial charge in [0.1, 0.15) is 0 Å². The first-order chi connectivity index (χ1) is 9.02. The van der Waals surface area contributed by atoms with Crippen LogP contribution in [0.15, 0.2) is 0 Å². The molecule has 0 rings (SSSR count). The number of carbonyl (C=O) groups excluding carboxylic acids is 2. The Hall–Kier alpha value is -1.14. The van der Waals surface area contributed by atoms with E-state index in [0.717, 1.165) is 0 Å². The Balaban J connectivity index is 3.18. The first-order valence-corrected chi connectivity index (χ1v) is 6.69. The maximum atomic E-state index is 11.3. The fourth-order valence-corrected chi connectivity index (χ4v) is 1.19. The van der Waals surface area contributed by atoms with Crippen LogP contribution >= 0.6 is 0 Å². The number of amides is 2. The molecule has 0 aliphatic carbocycles. The van der Waals surface area contributed by atoms with E-state index in [1.165, 1.54) is 6.92 Å². The average Bonchev–Trinajstić information content (AvgIpc) is 2.34. The quantitative estimate of drug-likeness (QED) is 0.532. The third-order valence-electron chi connectivity index (χ3n) is 2.17. The summed E-state index contributed by atoms with van der Waals surface area (Å²) in [5, 5.41) is 5.45. The Morgan fingerprint density at radius 1 is 1.00 bits per heavy atom. The molecule has 0 aromatic rings. The fraction of sp³-hybridized carbons (Fsp3) is 0.846. The van der Waals surface area contributed by atoms with Gasteiger partial charge in [-0.15, -0.1) is 0 Å². The van der Waals surface area contributed by atoms with Crippen LogP contribution in [0.25, 0.3) is 0 Å². The minimum absolute atomic E-state index is 0.0141. The van der Waals surface area contributed by atoms with Crippen LogP contribution in [-0.2, 0) is 19.1 Å². The number of ether oxygens (including phenoxy) is 2. The number of nitrogens with one attached hydrogen (secondary N) is 2. The summed E-state index contributed by atoms with van der Waals surface area (Å²) in [5.74, 6) is 0.411. The van der Waals surface area contributed by atoms with E-state index in [4.69, 9.17) is 9.47 Å². The fourth-order valence-electron chi connectivity index (χ4n) is 1.19. The van der Waals surface area contributed by atoms with Crippen molar-refractivity contribution in [2.45, 2.75) is 27.2 Å². The second kappa shape index (κ2) is 11.9. The Kier molecular flexibility index (Phi) is 11.2. The third-order valence-corrected chi connectivity index (χ3v) is 2.17. The number of carbonyl (C=O) groups is 2. The Bertz CT molecular complexity index is 257. The van der Waals surface area contributed by atoms with E-state index in [1.807, 2.05) is 0 Å². The molecule has 0 saturated heterocycles. The summed E-state index contributed by atoms with van der Waals surface area (Å²) in [4.78, 5) is 21.9. The van der Waals surface area contributed by atoms with Crippen molar-refractivity contribution < 1.29 is 19.1 Å². The lowest BCUT2D eigenvalue weighted by atomic mass is 10.2. The van der Waals surface area contributed by atoms with Crippen LogP contribution in [0, 0.1) is 5.92 Å². The van der Waals surface area contributed by atoms with Crippen LogP contribution in [-0.4, -0.2) is 51.3 Å². The van der Waals surface area contributed by atoms with Crippen molar-refractivity contribution in [3.05, 3.63) is 0 Å². The molecule has 0 saturated carbocycles. The molecule has 112 valence electrons. The van der Waals surface area contributed by atoms with Crippen molar-refractivity contribution in [1.82, 2.24) is 10.6 Å².